The number of halogens is 3. The molecule has 29 heavy (non-hydrogen) atoms. The van der Waals surface area contributed by atoms with Crippen molar-refractivity contribution in [3.8, 4) is 0 Å². The third-order valence-electron chi connectivity index (χ3n) is 6.72. The standard InChI is InChI=1S/C21H23F3N4O/c22-21(23,24)14-5-3-7-16-17(14)20(12-25-16)8-10-28(11-9-20)19-26-15-6-2-1-4-13(15)18(29)27-19/h3,5,7,25H,1-2,4,6,8-12H2,(H,26,27,29). The Kier molecular flexibility index (Phi) is 4.15. The van der Waals surface area contributed by atoms with Gasteiger partial charge in [0.05, 0.1) is 11.3 Å². The van der Waals surface area contributed by atoms with Crippen molar-refractivity contribution in [3.63, 3.8) is 0 Å². The van der Waals surface area contributed by atoms with Crippen LogP contribution in [0, 0.1) is 0 Å². The summed E-state index contributed by atoms with van der Waals surface area (Å²) >= 11 is 0. The molecule has 3 aliphatic rings. The molecule has 0 saturated carbocycles. The van der Waals surface area contributed by atoms with Crippen LogP contribution in [0.4, 0.5) is 24.8 Å². The van der Waals surface area contributed by atoms with E-state index in [-0.39, 0.29) is 5.56 Å². The Hall–Kier alpha value is -2.51. The molecule has 1 saturated heterocycles. The molecule has 0 unspecified atom stereocenters. The first-order valence-electron chi connectivity index (χ1n) is 10.2. The number of benzene rings is 1. The Labute approximate surface area is 166 Å². The van der Waals surface area contributed by atoms with Gasteiger partial charge in [-0.05, 0) is 56.2 Å². The van der Waals surface area contributed by atoms with E-state index in [2.05, 4.69) is 15.3 Å². The Morgan fingerprint density at radius 2 is 1.86 bits per heavy atom. The molecule has 2 aromatic rings. The van der Waals surface area contributed by atoms with Crippen molar-refractivity contribution in [1.82, 2.24) is 9.97 Å². The number of nitrogens with zero attached hydrogens (tertiary/aromatic N) is 2. The summed E-state index contributed by atoms with van der Waals surface area (Å²) in [5.74, 6) is 0.556. The number of aromatic nitrogens is 2. The van der Waals surface area contributed by atoms with E-state index in [0.29, 0.717) is 49.7 Å². The van der Waals surface area contributed by atoms with Crippen LogP contribution in [-0.2, 0) is 24.4 Å². The fourth-order valence-corrected chi connectivity index (χ4v) is 5.17. The minimum Gasteiger partial charge on any atom is -0.384 e. The molecule has 2 N–H and O–H groups in total. The maximum Gasteiger partial charge on any atom is 0.416 e. The lowest BCUT2D eigenvalue weighted by Crippen LogP contribution is -2.45. The molecule has 1 aromatic carbocycles. The van der Waals surface area contributed by atoms with Gasteiger partial charge in [0.1, 0.15) is 0 Å². The van der Waals surface area contributed by atoms with Gasteiger partial charge in [-0.3, -0.25) is 9.78 Å². The number of aryl methyl sites for hydroxylation is 1. The third kappa shape index (κ3) is 3.00. The van der Waals surface area contributed by atoms with Gasteiger partial charge < -0.3 is 10.2 Å². The summed E-state index contributed by atoms with van der Waals surface area (Å²) in [5, 5.41) is 3.19. The molecule has 2 aliphatic heterocycles. The second-order valence-corrected chi connectivity index (χ2v) is 8.37. The molecule has 0 bridgehead atoms. The van der Waals surface area contributed by atoms with E-state index in [1.54, 1.807) is 6.07 Å². The van der Waals surface area contributed by atoms with Crippen molar-refractivity contribution < 1.29 is 13.2 Å². The quantitative estimate of drug-likeness (QED) is 0.762. The second-order valence-electron chi connectivity index (χ2n) is 8.37. The number of rotatable bonds is 1. The van der Waals surface area contributed by atoms with Crippen LogP contribution in [0.25, 0.3) is 0 Å². The van der Waals surface area contributed by atoms with Gasteiger partial charge >= 0.3 is 6.18 Å². The number of piperidine rings is 1. The number of alkyl halides is 3. The first-order chi connectivity index (χ1) is 13.9. The van der Waals surface area contributed by atoms with Gasteiger partial charge in [-0.15, -0.1) is 0 Å². The highest BCUT2D eigenvalue weighted by molar-refractivity contribution is 5.64. The highest BCUT2D eigenvalue weighted by atomic mass is 19.4. The molecule has 5 rings (SSSR count). The summed E-state index contributed by atoms with van der Waals surface area (Å²) < 4.78 is 40.9. The lowest BCUT2D eigenvalue weighted by Gasteiger charge is -2.40. The zero-order valence-corrected chi connectivity index (χ0v) is 16.0. The monoisotopic (exact) mass is 404 g/mol. The molecule has 1 fully saturated rings. The van der Waals surface area contributed by atoms with Gasteiger partial charge in [0.2, 0.25) is 5.95 Å². The maximum absolute atomic E-state index is 13.6. The lowest BCUT2D eigenvalue weighted by molar-refractivity contribution is -0.138. The molecule has 1 spiro atoms. The van der Waals surface area contributed by atoms with Crippen molar-refractivity contribution in [3.05, 3.63) is 50.9 Å². The highest BCUT2D eigenvalue weighted by Crippen LogP contribution is 2.49. The average molecular weight is 404 g/mol. The topological polar surface area (TPSA) is 61.0 Å². The first-order valence-corrected chi connectivity index (χ1v) is 10.2. The molecular weight excluding hydrogens is 381 g/mol. The van der Waals surface area contributed by atoms with E-state index in [0.717, 1.165) is 36.9 Å². The summed E-state index contributed by atoms with van der Waals surface area (Å²) in [6.07, 6.45) is 0.431. The largest absolute Gasteiger partial charge is 0.416 e. The summed E-state index contributed by atoms with van der Waals surface area (Å²) in [6, 6.07) is 4.38. The lowest BCUT2D eigenvalue weighted by atomic mass is 9.72. The predicted molar refractivity (Wildman–Crippen MR) is 105 cm³/mol. The Morgan fingerprint density at radius 3 is 2.62 bits per heavy atom. The second kappa shape index (κ2) is 6.50. The highest BCUT2D eigenvalue weighted by Gasteiger charge is 2.47. The summed E-state index contributed by atoms with van der Waals surface area (Å²) in [4.78, 5) is 22.0. The van der Waals surface area contributed by atoms with Crippen LogP contribution in [0.3, 0.4) is 0 Å². The summed E-state index contributed by atoms with van der Waals surface area (Å²) in [6.45, 7) is 1.64. The van der Waals surface area contributed by atoms with Gasteiger partial charge in [0, 0.05) is 36.3 Å². The molecular formula is C21H23F3N4O. The Bertz CT molecular complexity index is 1010. The molecule has 154 valence electrons. The molecule has 5 nitrogen and oxygen atoms in total. The zero-order valence-electron chi connectivity index (χ0n) is 16.0. The van der Waals surface area contributed by atoms with Crippen molar-refractivity contribution in [2.24, 2.45) is 0 Å². The number of H-pyrrole nitrogens is 1. The molecule has 3 heterocycles. The number of anilines is 2. The normalized spacial score (nSPS) is 20.3. The Morgan fingerprint density at radius 1 is 1.10 bits per heavy atom. The predicted octanol–water partition coefficient (Wildman–Crippen LogP) is 3.63. The van der Waals surface area contributed by atoms with Gasteiger partial charge in [-0.25, -0.2) is 4.98 Å². The third-order valence-corrected chi connectivity index (χ3v) is 6.72. The van der Waals surface area contributed by atoms with Crippen LogP contribution >= 0.6 is 0 Å². The molecule has 8 heteroatoms. The SMILES string of the molecule is O=c1[nH]c(N2CCC3(CC2)CNc2cccc(C(F)(F)F)c23)nc2c1CCCC2. The van der Waals surface area contributed by atoms with Crippen LogP contribution in [-0.4, -0.2) is 29.6 Å². The molecule has 0 radical (unpaired) electrons. The number of hydrogen-bond acceptors (Lipinski definition) is 4. The van der Waals surface area contributed by atoms with E-state index in [1.165, 1.54) is 12.1 Å². The zero-order chi connectivity index (χ0) is 20.2. The number of aromatic amines is 1. The molecule has 0 amide bonds. The van der Waals surface area contributed by atoms with E-state index in [1.807, 2.05) is 4.90 Å². The van der Waals surface area contributed by atoms with E-state index in [4.69, 9.17) is 0 Å². The van der Waals surface area contributed by atoms with Gasteiger partial charge in [0.15, 0.2) is 0 Å². The van der Waals surface area contributed by atoms with Crippen LogP contribution in [0.5, 0.6) is 0 Å². The van der Waals surface area contributed by atoms with Crippen molar-refractivity contribution in [1.29, 1.82) is 0 Å². The number of hydrogen-bond donors (Lipinski definition) is 2. The average Bonchev–Trinajstić information content (AvgIpc) is 3.06. The number of nitrogens with one attached hydrogen (secondary N) is 2. The molecule has 1 aliphatic carbocycles. The van der Waals surface area contributed by atoms with Gasteiger partial charge in [-0.2, -0.15) is 13.2 Å². The fraction of sp³-hybridized carbons (Fsp3) is 0.524. The van der Waals surface area contributed by atoms with Crippen LogP contribution in [0.2, 0.25) is 0 Å². The minimum atomic E-state index is -4.37. The van der Waals surface area contributed by atoms with Crippen molar-refractivity contribution in [2.45, 2.75) is 50.1 Å². The van der Waals surface area contributed by atoms with Crippen LogP contribution < -0.4 is 15.8 Å². The van der Waals surface area contributed by atoms with Gasteiger partial charge in [0.25, 0.3) is 5.56 Å². The number of fused-ring (bicyclic) bond motifs is 3. The van der Waals surface area contributed by atoms with E-state index >= 15 is 0 Å². The molecule has 1 aromatic heterocycles. The van der Waals surface area contributed by atoms with E-state index in [9.17, 15) is 18.0 Å². The smallest absolute Gasteiger partial charge is 0.384 e. The maximum atomic E-state index is 13.6. The van der Waals surface area contributed by atoms with Crippen molar-refractivity contribution in [2.75, 3.05) is 29.9 Å². The minimum absolute atomic E-state index is 0.0720. The van der Waals surface area contributed by atoms with Gasteiger partial charge in [-0.1, -0.05) is 6.07 Å². The molecule has 0 atom stereocenters. The Balaban J connectivity index is 1.43. The fourth-order valence-electron chi connectivity index (χ4n) is 5.17. The summed E-state index contributed by atoms with van der Waals surface area (Å²) in [5.41, 5.74) is 1.52. The first kappa shape index (κ1) is 18.5. The van der Waals surface area contributed by atoms with Crippen molar-refractivity contribution >= 4 is 11.6 Å². The van der Waals surface area contributed by atoms with E-state index < -0.39 is 17.2 Å². The van der Waals surface area contributed by atoms with Crippen LogP contribution in [0.1, 0.15) is 48.1 Å². The van der Waals surface area contributed by atoms with Crippen LogP contribution in [0.15, 0.2) is 23.0 Å². The summed E-state index contributed by atoms with van der Waals surface area (Å²) in [7, 11) is 0.